The van der Waals surface area contributed by atoms with E-state index in [1.54, 1.807) is 10.8 Å². The molecular weight excluding hydrogens is 482 g/mol. The van der Waals surface area contributed by atoms with Crippen molar-refractivity contribution in [1.29, 1.82) is 0 Å². The SMILES string of the molecule is CCCOc1ccc(-c2nn(-c3ccccc3)cc2/C=C2\SC(=S)N(CCCC(=O)O)C2=O)cc1. The molecule has 35 heavy (non-hydrogen) atoms. The molecule has 0 atom stereocenters. The van der Waals surface area contributed by atoms with Crippen molar-refractivity contribution in [3.05, 3.63) is 71.3 Å². The summed E-state index contributed by atoms with van der Waals surface area (Å²) in [4.78, 5) is 25.8. The van der Waals surface area contributed by atoms with E-state index in [4.69, 9.17) is 27.2 Å². The molecule has 0 aliphatic carbocycles. The number of amides is 1. The van der Waals surface area contributed by atoms with Gasteiger partial charge in [0.05, 0.1) is 22.9 Å². The topological polar surface area (TPSA) is 84.7 Å². The zero-order chi connectivity index (χ0) is 24.8. The molecule has 4 rings (SSSR count). The Morgan fingerprint density at radius 1 is 1.17 bits per heavy atom. The van der Waals surface area contributed by atoms with E-state index in [-0.39, 0.29) is 18.9 Å². The molecule has 2 aromatic carbocycles. The van der Waals surface area contributed by atoms with Crippen molar-refractivity contribution >= 4 is 46.3 Å². The van der Waals surface area contributed by atoms with Crippen LogP contribution in [0.3, 0.4) is 0 Å². The van der Waals surface area contributed by atoms with Crippen LogP contribution >= 0.6 is 24.0 Å². The number of aliphatic carboxylic acids is 1. The smallest absolute Gasteiger partial charge is 0.303 e. The zero-order valence-corrected chi connectivity index (χ0v) is 20.8. The Morgan fingerprint density at radius 2 is 1.91 bits per heavy atom. The molecule has 1 fully saturated rings. The van der Waals surface area contributed by atoms with E-state index in [9.17, 15) is 9.59 Å². The molecule has 9 heteroatoms. The summed E-state index contributed by atoms with van der Waals surface area (Å²) >= 11 is 6.61. The van der Waals surface area contributed by atoms with Gasteiger partial charge in [0.2, 0.25) is 0 Å². The fraction of sp³-hybridized carbons (Fsp3) is 0.231. The maximum absolute atomic E-state index is 13.0. The number of para-hydroxylation sites is 1. The van der Waals surface area contributed by atoms with Gasteiger partial charge >= 0.3 is 5.97 Å². The van der Waals surface area contributed by atoms with Crippen LogP contribution in [0.15, 0.2) is 65.7 Å². The monoisotopic (exact) mass is 507 g/mol. The number of aromatic nitrogens is 2. The molecule has 1 amide bonds. The van der Waals surface area contributed by atoms with Crippen molar-refractivity contribution in [2.75, 3.05) is 13.2 Å². The molecule has 7 nitrogen and oxygen atoms in total. The number of ether oxygens (including phenoxy) is 1. The van der Waals surface area contributed by atoms with Crippen molar-refractivity contribution < 1.29 is 19.4 Å². The lowest BCUT2D eigenvalue weighted by Gasteiger charge is -2.13. The Bertz CT molecular complexity index is 1250. The summed E-state index contributed by atoms with van der Waals surface area (Å²) in [6, 6.07) is 17.5. The van der Waals surface area contributed by atoms with Gasteiger partial charge in [-0.1, -0.05) is 49.1 Å². The van der Waals surface area contributed by atoms with E-state index in [2.05, 4.69) is 6.92 Å². The summed E-state index contributed by atoms with van der Waals surface area (Å²) in [6.07, 6.45) is 4.96. The number of carbonyl (C=O) groups excluding carboxylic acids is 1. The minimum absolute atomic E-state index is 0.0118. The number of carbonyl (C=O) groups is 2. The first-order valence-electron chi connectivity index (χ1n) is 11.3. The number of thioether (sulfide) groups is 1. The van der Waals surface area contributed by atoms with Crippen molar-refractivity contribution in [3.8, 4) is 22.7 Å². The molecule has 180 valence electrons. The zero-order valence-electron chi connectivity index (χ0n) is 19.2. The number of carboxylic acid groups (broad SMARTS) is 1. The summed E-state index contributed by atoms with van der Waals surface area (Å²) in [6.45, 7) is 3.00. The molecule has 1 aliphatic rings. The number of hydrogen-bond acceptors (Lipinski definition) is 6. The molecule has 0 saturated carbocycles. The van der Waals surface area contributed by atoms with E-state index in [1.807, 2.05) is 60.8 Å². The Morgan fingerprint density at radius 3 is 2.60 bits per heavy atom. The van der Waals surface area contributed by atoms with Crippen LogP contribution < -0.4 is 4.74 Å². The summed E-state index contributed by atoms with van der Waals surface area (Å²) in [7, 11) is 0. The molecule has 1 saturated heterocycles. The van der Waals surface area contributed by atoms with E-state index in [0.717, 1.165) is 34.7 Å². The van der Waals surface area contributed by atoms with Gasteiger partial charge in [-0.05, 0) is 55.3 Å². The Labute approximate surface area is 213 Å². The Balaban J connectivity index is 1.66. The van der Waals surface area contributed by atoms with Crippen LogP contribution in [0.5, 0.6) is 5.75 Å². The van der Waals surface area contributed by atoms with Gasteiger partial charge in [0.1, 0.15) is 10.1 Å². The first-order chi connectivity index (χ1) is 17.0. The molecule has 1 aromatic heterocycles. The highest BCUT2D eigenvalue weighted by molar-refractivity contribution is 8.26. The van der Waals surface area contributed by atoms with Crippen LogP contribution in [0.4, 0.5) is 0 Å². The number of carboxylic acids is 1. The van der Waals surface area contributed by atoms with E-state index in [1.165, 1.54) is 16.7 Å². The fourth-order valence-corrected chi connectivity index (χ4v) is 4.88. The predicted octanol–water partition coefficient (Wildman–Crippen LogP) is 5.39. The summed E-state index contributed by atoms with van der Waals surface area (Å²) in [5, 5.41) is 13.7. The highest BCUT2D eigenvalue weighted by atomic mass is 32.2. The average molecular weight is 508 g/mol. The lowest BCUT2D eigenvalue weighted by Crippen LogP contribution is -2.29. The van der Waals surface area contributed by atoms with E-state index in [0.29, 0.717) is 22.3 Å². The van der Waals surface area contributed by atoms with Gasteiger partial charge in [-0.2, -0.15) is 5.10 Å². The predicted molar refractivity (Wildman–Crippen MR) is 142 cm³/mol. The minimum Gasteiger partial charge on any atom is -0.494 e. The van der Waals surface area contributed by atoms with Gasteiger partial charge < -0.3 is 9.84 Å². The number of rotatable bonds is 10. The van der Waals surface area contributed by atoms with Crippen LogP contribution in [0.2, 0.25) is 0 Å². The minimum atomic E-state index is -0.893. The normalized spacial score (nSPS) is 14.7. The van der Waals surface area contributed by atoms with E-state index >= 15 is 0 Å². The second kappa shape index (κ2) is 11.3. The molecule has 0 radical (unpaired) electrons. The first-order valence-corrected chi connectivity index (χ1v) is 12.5. The van der Waals surface area contributed by atoms with Gasteiger partial charge in [-0.25, -0.2) is 4.68 Å². The van der Waals surface area contributed by atoms with Crippen molar-refractivity contribution in [2.24, 2.45) is 0 Å². The first kappa shape index (κ1) is 24.7. The third-order valence-corrected chi connectivity index (χ3v) is 6.67. The molecule has 2 heterocycles. The third kappa shape index (κ3) is 5.98. The van der Waals surface area contributed by atoms with Gasteiger partial charge in [0, 0.05) is 30.3 Å². The molecule has 0 bridgehead atoms. The van der Waals surface area contributed by atoms with Gasteiger partial charge in [0.25, 0.3) is 5.91 Å². The lowest BCUT2D eigenvalue weighted by atomic mass is 10.1. The molecular formula is C26H25N3O4S2. The van der Waals surface area contributed by atoms with Crippen molar-refractivity contribution in [2.45, 2.75) is 26.2 Å². The third-order valence-electron chi connectivity index (χ3n) is 5.30. The Kier molecular flexibility index (Phi) is 7.99. The van der Waals surface area contributed by atoms with Crippen molar-refractivity contribution in [3.63, 3.8) is 0 Å². The molecule has 1 N–H and O–H groups in total. The summed E-state index contributed by atoms with van der Waals surface area (Å²) in [5.41, 5.74) is 3.30. The maximum atomic E-state index is 13.0. The van der Waals surface area contributed by atoms with Gasteiger partial charge in [-0.15, -0.1) is 0 Å². The standard InChI is InChI=1S/C26H25N3O4S2/c1-2-15-33-21-12-10-18(11-13-21)24-19(17-29(27-24)20-7-4-3-5-8-20)16-22-25(32)28(26(34)35-22)14-6-9-23(30)31/h3-5,7-8,10-13,16-17H,2,6,9,14-15H2,1H3,(H,30,31)/b22-16-. The van der Waals surface area contributed by atoms with Crippen LogP contribution in [0.25, 0.3) is 23.0 Å². The number of hydrogen-bond donors (Lipinski definition) is 1. The second-order valence-corrected chi connectivity index (χ2v) is 9.59. The second-order valence-electron chi connectivity index (χ2n) is 7.92. The van der Waals surface area contributed by atoms with Crippen LogP contribution in [0.1, 0.15) is 31.7 Å². The lowest BCUT2D eigenvalue weighted by molar-refractivity contribution is -0.137. The van der Waals surface area contributed by atoms with Gasteiger partial charge in [0.15, 0.2) is 0 Å². The maximum Gasteiger partial charge on any atom is 0.303 e. The average Bonchev–Trinajstić information content (AvgIpc) is 3.40. The van der Waals surface area contributed by atoms with Crippen LogP contribution in [-0.2, 0) is 9.59 Å². The summed E-state index contributed by atoms with van der Waals surface area (Å²) < 4.78 is 7.92. The highest BCUT2D eigenvalue weighted by Crippen LogP contribution is 2.35. The highest BCUT2D eigenvalue weighted by Gasteiger charge is 2.32. The fourth-order valence-electron chi connectivity index (χ4n) is 3.58. The number of benzene rings is 2. The largest absolute Gasteiger partial charge is 0.494 e. The van der Waals surface area contributed by atoms with Gasteiger partial charge in [-0.3, -0.25) is 14.5 Å². The number of thiocarbonyl (C=S) groups is 1. The molecule has 0 spiro atoms. The van der Waals surface area contributed by atoms with Crippen molar-refractivity contribution in [1.82, 2.24) is 14.7 Å². The summed E-state index contributed by atoms with van der Waals surface area (Å²) in [5.74, 6) is -0.316. The van der Waals surface area contributed by atoms with Crippen LogP contribution in [-0.4, -0.2) is 49.1 Å². The molecule has 1 aliphatic heterocycles. The molecule has 0 unspecified atom stereocenters. The molecule has 3 aromatic rings. The van der Waals surface area contributed by atoms with Crippen LogP contribution in [0, 0.1) is 0 Å². The number of nitrogens with zero attached hydrogens (tertiary/aromatic N) is 3. The quantitative estimate of drug-likeness (QED) is 0.291. The van der Waals surface area contributed by atoms with E-state index < -0.39 is 5.97 Å². The Hall–Kier alpha value is -3.43.